The first-order chi connectivity index (χ1) is 10.2. The van der Waals surface area contributed by atoms with Gasteiger partial charge in [-0.1, -0.05) is 60.7 Å². The third kappa shape index (κ3) is 5.48. The minimum atomic E-state index is -0.555. The Hall–Kier alpha value is -2.62. The van der Waals surface area contributed by atoms with Crippen LogP contribution in [0, 0.1) is 0 Å². The topological polar surface area (TPSA) is 52.6 Å². The van der Waals surface area contributed by atoms with Gasteiger partial charge in [0.1, 0.15) is 6.61 Å². The van der Waals surface area contributed by atoms with E-state index in [1.54, 1.807) is 0 Å². The van der Waals surface area contributed by atoms with E-state index < -0.39 is 11.9 Å². The van der Waals surface area contributed by atoms with Crippen molar-refractivity contribution in [3.05, 3.63) is 71.8 Å². The first-order valence-electron chi connectivity index (χ1n) is 6.63. The predicted octanol–water partition coefficient (Wildman–Crippen LogP) is 2.52. The van der Waals surface area contributed by atoms with E-state index in [9.17, 15) is 9.59 Å². The van der Waals surface area contributed by atoms with Crippen LogP contribution in [-0.2, 0) is 32.1 Å². The van der Waals surface area contributed by atoms with Crippen LogP contribution in [0.3, 0.4) is 0 Å². The fourth-order valence-corrected chi connectivity index (χ4v) is 1.73. The average Bonchev–Trinajstić information content (AvgIpc) is 2.53. The number of carbonyl (C=O) groups excluding carboxylic acids is 2. The van der Waals surface area contributed by atoms with Gasteiger partial charge in [-0.15, -0.1) is 0 Å². The van der Waals surface area contributed by atoms with Crippen molar-refractivity contribution in [3.8, 4) is 0 Å². The third-order valence-electron chi connectivity index (χ3n) is 2.78. The van der Waals surface area contributed by atoms with Crippen molar-refractivity contribution in [3.63, 3.8) is 0 Å². The Labute approximate surface area is 123 Å². The van der Waals surface area contributed by atoms with E-state index in [0.717, 1.165) is 11.1 Å². The first kappa shape index (κ1) is 14.8. The van der Waals surface area contributed by atoms with Gasteiger partial charge in [0.25, 0.3) is 0 Å². The molecule has 4 heteroatoms. The summed E-state index contributed by atoms with van der Waals surface area (Å²) in [4.78, 5) is 23.0. The van der Waals surface area contributed by atoms with E-state index in [0.29, 0.717) is 0 Å². The summed E-state index contributed by atoms with van der Waals surface area (Å²) >= 11 is 0. The van der Waals surface area contributed by atoms with Gasteiger partial charge in [0.15, 0.2) is 6.61 Å². The second-order valence-corrected chi connectivity index (χ2v) is 4.47. The molecule has 0 atom stereocenters. The highest BCUT2D eigenvalue weighted by atomic mass is 16.6. The molecule has 0 aromatic heterocycles. The number of esters is 2. The number of benzene rings is 2. The summed E-state index contributed by atoms with van der Waals surface area (Å²) in [5.74, 6) is -1.00. The Morgan fingerprint density at radius 3 is 1.90 bits per heavy atom. The zero-order valence-electron chi connectivity index (χ0n) is 11.5. The summed E-state index contributed by atoms with van der Waals surface area (Å²) in [6, 6.07) is 18.5. The smallest absolute Gasteiger partial charge is 0.344 e. The van der Waals surface area contributed by atoms with Crippen molar-refractivity contribution in [2.75, 3.05) is 6.61 Å². The zero-order valence-corrected chi connectivity index (χ0v) is 11.5. The molecule has 0 aliphatic rings. The Bertz CT molecular complexity index is 578. The van der Waals surface area contributed by atoms with Crippen LogP contribution in [0.5, 0.6) is 0 Å². The Balaban J connectivity index is 1.68. The van der Waals surface area contributed by atoms with Gasteiger partial charge in [0.2, 0.25) is 0 Å². The predicted molar refractivity (Wildman–Crippen MR) is 77.3 cm³/mol. The molecular weight excluding hydrogens is 268 g/mol. The molecule has 0 aliphatic heterocycles. The molecule has 21 heavy (non-hydrogen) atoms. The number of carbonyl (C=O) groups is 2. The number of hydrogen-bond donors (Lipinski definition) is 0. The van der Waals surface area contributed by atoms with Gasteiger partial charge in [0.05, 0.1) is 6.42 Å². The zero-order chi connectivity index (χ0) is 14.9. The molecule has 2 rings (SSSR count). The lowest BCUT2D eigenvalue weighted by Crippen LogP contribution is -2.17. The van der Waals surface area contributed by atoms with Crippen LogP contribution < -0.4 is 0 Å². The van der Waals surface area contributed by atoms with Crippen molar-refractivity contribution in [1.82, 2.24) is 0 Å². The van der Waals surface area contributed by atoms with Crippen molar-refractivity contribution >= 4 is 11.9 Å². The summed E-state index contributed by atoms with van der Waals surface area (Å²) in [7, 11) is 0. The largest absolute Gasteiger partial charge is 0.458 e. The summed E-state index contributed by atoms with van der Waals surface area (Å²) in [6.07, 6.45) is 0.146. The molecule has 2 aromatic carbocycles. The van der Waals surface area contributed by atoms with Gasteiger partial charge in [-0.05, 0) is 11.1 Å². The molecule has 2 aromatic rings. The Kier molecular flexibility index (Phi) is 5.52. The standard InChI is InChI=1S/C17H16O4/c18-16(11-14-7-3-1-4-8-14)21-13-17(19)20-12-15-9-5-2-6-10-15/h1-10H,11-13H2. The van der Waals surface area contributed by atoms with E-state index >= 15 is 0 Å². The number of rotatable bonds is 6. The molecule has 0 radical (unpaired) electrons. The minimum Gasteiger partial charge on any atom is -0.458 e. The molecule has 0 bridgehead atoms. The maximum absolute atomic E-state index is 11.6. The lowest BCUT2D eigenvalue weighted by atomic mass is 10.2. The molecule has 0 spiro atoms. The highest BCUT2D eigenvalue weighted by molar-refractivity contribution is 5.77. The number of ether oxygens (including phenoxy) is 2. The van der Waals surface area contributed by atoms with E-state index in [1.165, 1.54) is 0 Å². The highest BCUT2D eigenvalue weighted by Crippen LogP contribution is 2.02. The van der Waals surface area contributed by atoms with Crippen molar-refractivity contribution in [2.24, 2.45) is 0 Å². The maximum Gasteiger partial charge on any atom is 0.344 e. The average molecular weight is 284 g/mol. The van der Waals surface area contributed by atoms with E-state index in [-0.39, 0.29) is 19.6 Å². The van der Waals surface area contributed by atoms with Crippen LogP contribution >= 0.6 is 0 Å². The molecule has 0 unspecified atom stereocenters. The van der Waals surface area contributed by atoms with Crippen LogP contribution in [0.4, 0.5) is 0 Å². The van der Waals surface area contributed by atoms with Crippen LogP contribution in [0.15, 0.2) is 60.7 Å². The fourth-order valence-electron chi connectivity index (χ4n) is 1.73. The van der Waals surface area contributed by atoms with Gasteiger partial charge in [-0.3, -0.25) is 4.79 Å². The normalized spacial score (nSPS) is 9.90. The molecule has 0 heterocycles. The SMILES string of the molecule is O=C(COC(=O)Cc1ccccc1)OCc1ccccc1. The second kappa shape index (κ2) is 7.85. The van der Waals surface area contributed by atoms with Gasteiger partial charge in [0, 0.05) is 0 Å². The molecule has 0 fully saturated rings. The van der Waals surface area contributed by atoms with Crippen molar-refractivity contribution in [2.45, 2.75) is 13.0 Å². The number of hydrogen-bond acceptors (Lipinski definition) is 4. The summed E-state index contributed by atoms with van der Waals surface area (Å²) in [5.41, 5.74) is 1.74. The van der Waals surface area contributed by atoms with E-state index in [2.05, 4.69) is 0 Å². The third-order valence-corrected chi connectivity index (χ3v) is 2.78. The second-order valence-electron chi connectivity index (χ2n) is 4.47. The summed E-state index contributed by atoms with van der Waals surface area (Å²) in [6.45, 7) is -0.186. The molecule has 0 saturated heterocycles. The summed E-state index contributed by atoms with van der Waals surface area (Å²) in [5, 5.41) is 0. The van der Waals surface area contributed by atoms with Gasteiger partial charge in [-0.2, -0.15) is 0 Å². The van der Waals surface area contributed by atoms with Gasteiger partial charge < -0.3 is 9.47 Å². The molecule has 0 amide bonds. The fraction of sp³-hybridized carbons (Fsp3) is 0.176. The summed E-state index contributed by atoms with van der Waals surface area (Å²) < 4.78 is 9.90. The van der Waals surface area contributed by atoms with Crippen LogP contribution in [0.2, 0.25) is 0 Å². The molecule has 108 valence electrons. The Morgan fingerprint density at radius 2 is 1.29 bits per heavy atom. The monoisotopic (exact) mass is 284 g/mol. The maximum atomic E-state index is 11.6. The van der Waals surface area contributed by atoms with Crippen LogP contribution in [0.25, 0.3) is 0 Å². The van der Waals surface area contributed by atoms with Gasteiger partial charge >= 0.3 is 11.9 Å². The Morgan fingerprint density at radius 1 is 0.714 bits per heavy atom. The van der Waals surface area contributed by atoms with E-state index in [1.807, 2.05) is 60.7 Å². The molecule has 4 nitrogen and oxygen atoms in total. The first-order valence-corrected chi connectivity index (χ1v) is 6.63. The lowest BCUT2D eigenvalue weighted by molar-refractivity contribution is -0.159. The van der Waals surface area contributed by atoms with Crippen molar-refractivity contribution < 1.29 is 19.1 Å². The van der Waals surface area contributed by atoms with Gasteiger partial charge in [-0.25, -0.2) is 4.79 Å². The van der Waals surface area contributed by atoms with E-state index in [4.69, 9.17) is 9.47 Å². The molecular formula is C17H16O4. The lowest BCUT2D eigenvalue weighted by Gasteiger charge is -2.06. The van der Waals surface area contributed by atoms with Crippen molar-refractivity contribution in [1.29, 1.82) is 0 Å². The molecule has 0 N–H and O–H groups in total. The molecule has 0 saturated carbocycles. The minimum absolute atomic E-state index is 0.146. The molecule has 0 aliphatic carbocycles. The van der Waals surface area contributed by atoms with Crippen LogP contribution in [0.1, 0.15) is 11.1 Å². The van der Waals surface area contributed by atoms with Crippen LogP contribution in [-0.4, -0.2) is 18.5 Å². The highest BCUT2D eigenvalue weighted by Gasteiger charge is 2.09. The quantitative estimate of drug-likeness (QED) is 0.765.